The van der Waals surface area contributed by atoms with E-state index in [1.807, 2.05) is 0 Å². The van der Waals surface area contributed by atoms with Gasteiger partial charge in [0.15, 0.2) is 5.69 Å². The van der Waals surface area contributed by atoms with Crippen molar-refractivity contribution < 1.29 is 14.3 Å². The van der Waals surface area contributed by atoms with Gasteiger partial charge in [-0.05, 0) is 6.07 Å². The third-order valence-corrected chi connectivity index (χ3v) is 1.66. The molecule has 0 N–H and O–H groups in total. The second-order valence-corrected chi connectivity index (χ2v) is 2.51. The molecule has 0 radical (unpaired) electrons. The van der Waals surface area contributed by atoms with Gasteiger partial charge in [0, 0.05) is 19.2 Å². The normalized spacial score (nSPS) is 9.69. The van der Waals surface area contributed by atoms with Gasteiger partial charge in [-0.1, -0.05) is 0 Å². The summed E-state index contributed by atoms with van der Waals surface area (Å²) in [6.45, 7) is 0. The second-order valence-electron chi connectivity index (χ2n) is 2.51. The molecule has 0 aliphatic carbocycles. The first-order valence-corrected chi connectivity index (χ1v) is 3.74. The number of nitrogens with zero attached hydrogens (tertiary/aromatic N) is 2. The highest BCUT2D eigenvalue weighted by Crippen LogP contribution is 2.03. The molecule has 70 valence electrons. The number of carbonyl (C=O) groups excluding carboxylic acids is 2. The number of rotatable bonds is 3. The average Bonchev–Trinajstić information content (AvgIpc) is 2.47. The smallest absolute Gasteiger partial charge is 0.358 e. The Morgan fingerprint density at radius 1 is 1.77 bits per heavy atom. The maximum Gasteiger partial charge on any atom is 0.358 e. The number of ether oxygens (including phenoxy) is 1. The molecule has 0 atom stereocenters. The first-order chi connectivity index (χ1) is 6.19. The predicted octanol–water partition coefficient (Wildman–Crippen LogP) is -0.0519. The lowest BCUT2D eigenvalue weighted by molar-refractivity contribution is -0.107. The average molecular weight is 182 g/mol. The van der Waals surface area contributed by atoms with E-state index in [0.29, 0.717) is 5.69 Å². The SMILES string of the molecule is COC(=O)c1cc(CC=O)n(C)n1. The van der Waals surface area contributed by atoms with E-state index < -0.39 is 5.97 Å². The summed E-state index contributed by atoms with van der Waals surface area (Å²) >= 11 is 0. The number of esters is 1. The molecule has 1 rings (SSSR count). The van der Waals surface area contributed by atoms with Crippen molar-refractivity contribution in [3.8, 4) is 0 Å². The van der Waals surface area contributed by atoms with Crippen molar-refractivity contribution >= 4 is 12.3 Å². The van der Waals surface area contributed by atoms with Crippen LogP contribution in [-0.2, 0) is 23.0 Å². The zero-order valence-electron chi connectivity index (χ0n) is 7.48. The zero-order chi connectivity index (χ0) is 9.84. The van der Waals surface area contributed by atoms with E-state index in [9.17, 15) is 9.59 Å². The number of carbonyl (C=O) groups is 2. The molecule has 0 saturated carbocycles. The van der Waals surface area contributed by atoms with E-state index in [2.05, 4.69) is 9.84 Å². The van der Waals surface area contributed by atoms with Gasteiger partial charge >= 0.3 is 5.97 Å². The molecule has 0 saturated heterocycles. The summed E-state index contributed by atoms with van der Waals surface area (Å²) in [4.78, 5) is 21.2. The van der Waals surface area contributed by atoms with Crippen LogP contribution in [0, 0.1) is 0 Å². The van der Waals surface area contributed by atoms with Gasteiger partial charge in [-0.2, -0.15) is 5.10 Å². The van der Waals surface area contributed by atoms with Crippen molar-refractivity contribution in [2.45, 2.75) is 6.42 Å². The van der Waals surface area contributed by atoms with Crippen LogP contribution in [0.4, 0.5) is 0 Å². The summed E-state index contributed by atoms with van der Waals surface area (Å²) < 4.78 is 5.97. The molecule has 0 aliphatic rings. The summed E-state index contributed by atoms with van der Waals surface area (Å²) in [6, 6.07) is 1.54. The Bertz CT molecular complexity index is 330. The molecular formula is C8H10N2O3. The molecule has 0 spiro atoms. The first kappa shape index (κ1) is 9.44. The van der Waals surface area contributed by atoms with E-state index >= 15 is 0 Å². The predicted molar refractivity (Wildman–Crippen MR) is 44.3 cm³/mol. The quantitative estimate of drug-likeness (QED) is 0.485. The number of methoxy groups -OCH3 is 1. The monoisotopic (exact) mass is 182 g/mol. The lowest BCUT2D eigenvalue weighted by atomic mass is 10.3. The van der Waals surface area contributed by atoms with E-state index in [-0.39, 0.29) is 12.1 Å². The highest BCUT2D eigenvalue weighted by Gasteiger charge is 2.11. The maximum absolute atomic E-state index is 11.0. The molecule has 0 aromatic carbocycles. The van der Waals surface area contributed by atoms with Crippen LogP contribution in [-0.4, -0.2) is 29.1 Å². The van der Waals surface area contributed by atoms with E-state index in [4.69, 9.17) is 0 Å². The lowest BCUT2D eigenvalue weighted by Gasteiger charge is -1.92. The Labute approximate surface area is 75.3 Å². The van der Waals surface area contributed by atoms with Crippen LogP contribution in [0.5, 0.6) is 0 Å². The minimum Gasteiger partial charge on any atom is -0.464 e. The molecule has 1 heterocycles. The molecule has 13 heavy (non-hydrogen) atoms. The standard InChI is InChI=1S/C8H10N2O3/c1-10-6(3-4-11)5-7(9-10)8(12)13-2/h4-5H,3H2,1-2H3. The van der Waals surface area contributed by atoms with Crippen LogP contribution in [0.15, 0.2) is 6.07 Å². The van der Waals surface area contributed by atoms with Gasteiger partial charge in [0.25, 0.3) is 0 Å². The van der Waals surface area contributed by atoms with Crippen LogP contribution < -0.4 is 0 Å². The Hall–Kier alpha value is -1.65. The van der Waals surface area contributed by atoms with Crippen LogP contribution in [0.2, 0.25) is 0 Å². The number of aryl methyl sites for hydroxylation is 1. The maximum atomic E-state index is 11.0. The third kappa shape index (κ3) is 1.93. The highest BCUT2D eigenvalue weighted by atomic mass is 16.5. The lowest BCUT2D eigenvalue weighted by Crippen LogP contribution is -2.03. The van der Waals surface area contributed by atoms with Crippen molar-refractivity contribution in [3.05, 3.63) is 17.5 Å². The van der Waals surface area contributed by atoms with Gasteiger partial charge in [0.1, 0.15) is 6.29 Å². The molecule has 0 unspecified atom stereocenters. The van der Waals surface area contributed by atoms with Gasteiger partial charge in [-0.25, -0.2) is 4.79 Å². The number of aldehydes is 1. The fourth-order valence-electron chi connectivity index (χ4n) is 0.987. The highest BCUT2D eigenvalue weighted by molar-refractivity contribution is 5.87. The van der Waals surface area contributed by atoms with Crippen molar-refractivity contribution in [2.75, 3.05) is 7.11 Å². The summed E-state index contributed by atoms with van der Waals surface area (Å²) in [5, 5.41) is 3.88. The van der Waals surface area contributed by atoms with Crippen molar-refractivity contribution in [3.63, 3.8) is 0 Å². The molecule has 1 aromatic heterocycles. The van der Waals surface area contributed by atoms with E-state index in [1.54, 1.807) is 13.1 Å². The summed E-state index contributed by atoms with van der Waals surface area (Å²) in [5.41, 5.74) is 0.914. The molecule has 0 fully saturated rings. The topological polar surface area (TPSA) is 61.2 Å². The molecule has 0 bridgehead atoms. The van der Waals surface area contributed by atoms with Crippen LogP contribution in [0.3, 0.4) is 0 Å². The Balaban J connectivity index is 2.94. The molecule has 0 amide bonds. The number of hydrogen-bond acceptors (Lipinski definition) is 4. The van der Waals surface area contributed by atoms with Gasteiger partial charge < -0.3 is 9.53 Å². The largest absolute Gasteiger partial charge is 0.464 e. The van der Waals surface area contributed by atoms with Crippen LogP contribution in [0.1, 0.15) is 16.2 Å². The molecule has 1 aromatic rings. The summed E-state index contributed by atoms with van der Waals surface area (Å²) in [7, 11) is 2.96. The fraction of sp³-hybridized carbons (Fsp3) is 0.375. The summed E-state index contributed by atoms with van der Waals surface area (Å²) in [5.74, 6) is -0.493. The van der Waals surface area contributed by atoms with Crippen LogP contribution >= 0.6 is 0 Å². The van der Waals surface area contributed by atoms with Gasteiger partial charge in [0.05, 0.1) is 7.11 Å². The van der Waals surface area contributed by atoms with Crippen molar-refractivity contribution in [2.24, 2.45) is 7.05 Å². The zero-order valence-corrected chi connectivity index (χ0v) is 7.48. The Morgan fingerprint density at radius 2 is 2.46 bits per heavy atom. The van der Waals surface area contributed by atoms with Crippen molar-refractivity contribution in [1.82, 2.24) is 9.78 Å². The number of hydrogen-bond donors (Lipinski definition) is 0. The first-order valence-electron chi connectivity index (χ1n) is 3.74. The Kier molecular flexibility index (Phi) is 2.79. The third-order valence-electron chi connectivity index (χ3n) is 1.66. The Morgan fingerprint density at radius 3 is 3.00 bits per heavy atom. The van der Waals surface area contributed by atoms with E-state index in [1.165, 1.54) is 11.8 Å². The van der Waals surface area contributed by atoms with Gasteiger partial charge in [-0.3, -0.25) is 4.68 Å². The van der Waals surface area contributed by atoms with Crippen molar-refractivity contribution in [1.29, 1.82) is 0 Å². The van der Waals surface area contributed by atoms with Gasteiger partial charge in [-0.15, -0.1) is 0 Å². The summed E-state index contributed by atoms with van der Waals surface area (Å²) in [6.07, 6.45) is 1.01. The molecule has 5 nitrogen and oxygen atoms in total. The molecule has 0 aliphatic heterocycles. The molecule has 5 heteroatoms. The van der Waals surface area contributed by atoms with Gasteiger partial charge in [0.2, 0.25) is 0 Å². The minimum absolute atomic E-state index is 0.224. The number of aromatic nitrogens is 2. The fourth-order valence-corrected chi connectivity index (χ4v) is 0.987. The minimum atomic E-state index is -0.493. The second kappa shape index (κ2) is 3.84. The van der Waals surface area contributed by atoms with Crippen LogP contribution in [0.25, 0.3) is 0 Å². The van der Waals surface area contributed by atoms with E-state index in [0.717, 1.165) is 6.29 Å². The molecular weight excluding hydrogens is 172 g/mol.